The Morgan fingerprint density at radius 2 is 2.09 bits per heavy atom. The average molecular weight is 303 g/mol. The molecule has 1 unspecified atom stereocenters. The lowest BCUT2D eigenvalue weighted by atomic mass is 10.1. The molecule has 5 heteroatoms. The first-order valence-electron chi connectivity index (χ1n) is 7.94. The Hall–Kier alpha value is -1.72. The molecule has 0 aliphatic heterocycles. The molecule has 0 spiro atoms. The molecule has 0 saturated carbocycles. The van der Waals surface area contributed by atoms with Crippen molar-refractivity contribution in [2.24, 2.45) is 0 Å². The molecule has 1 aromatic heterocycles. The van der Waals surface area contributed by atoms with E-state index in [0.717, 1.165) is 30.7 Å². The predicted molar refractivity (Wildman–Crippen MR) is 89.2 cm³/mol. The molecule has 22 heavy (non-hydrogen) atoms. The number of ether oxygens (including phenoxy) is 1. The number of rotatable bonds is 8. The first kappa shape index (κ1) is 16.6. The first-order valence-corrected chi connectivity index (χ1v) is 7.94. The van der Waals surface area contributed by atoms with Gasteiger partial charge in [0.25, 0.3) is 5.56 Å². The second-order valence-corrected chi connectivity index (χ2v) is 5.35. The highest BCUT2D eigenvalue weighted by Crippen LogP contribution is 2.17. The second kappa shape index (κ2) is 8.06. The molecule has 0 aliphatic rings. The van der Waals surface area contributed by atoms with E-state index in [1.807, 2.05) is 28.8 Å². The highest BCUT2D eigenvalue weighted by molar-refractivity contribution is 5.77. The average Bonchev–Trinajstić information content (AvgIpc) is 2.54. The summed E-state index contributed by atoms with van der Waals surface area (Å²) in [5, 5.41) is 4.12. The van der Waals surface area contributed by atoms with Gasteiger partial charge < -0.3 is 10.1 Å². The molecule has 2 aromatic rings. The Bertz CT molecular complexity index is 666. The van der Waals surface area contributed by atoms with E-state index in [9.17, 15) is 4.79 Å². The van der Waals surface area contributed by atoms with Gasteiger partial charge in [-0.25, -0.2) is 4.98 Å². The van der Waals surface area contributed by atoms with Crippen LogP contribution in [0.25, 0.3) is 10.9 Å². The van der Waals surface area contributed by atoms with Crippen LogP contribution in [-0.2, 0) is 11.3 Å². The summed E-state index contributed by atoms with van der Waals surface area (Å²) >= 11 is 0. The van der Waals surface area contributed by atoms with E-state index < -0.39 is 0 Å². The molecule has 0 bridgehead atoms. The van der Waals surface area contributed by atoms with Crippen LogP contribution in [0.3, 0.4) is 0 Å². The minimum absolute atomic E-state index is 0.0504. The summed E-state index contributed by atoms with van der Waals surface area (Å²) < 4.78 is 6.91. The smallest absolute Gasteiger partial charge is 0.261 e. The maximum atomic E-state index is 12.8. The van der Waals surface area contributed by atoms with E-state index in [4.69, 9.17) is 9.72 Å². The van der Waals surface area contributed by atoms with Crippen LogP contribution in [0.15, 0.2) is 29.1 Å². The molecule has 5 nitrogen and oxygen atoms in total. The van der Waals surface area contributed by atoms with Gasteiger partial charge in [0.1, 0.15) is 5.82 Å². The van der Waals surface area contributed by atoms with Crippen LogP contribution in [0.5, 0.6) is 0 Å². The second-order valence-electron chi connectivity index (χ2n) is 5.35. The summed E-state index contributed by atoms with van der Waals surface area (Å²) in [6.07, 6.45) is 1.78. The number of para-hydroxylation sites is 1. The van der Waals surface area contributed by atoms with E-state index in [2.05, 4.69) is 19.2 Å². The van der Waals surface area contributed by atoms with Crippen molar-refractivity contribution in [1.29, 1.82) is 0 Å². The Kier molecular flexibility index (Phi) is 6.10. The van der Waals surface area contributed by atoms with Crippen molar-refractivity contribution in [3.05, 3.63) is 40.4 Å². The number of hydrogen-bond donors (Lipinski definition) is 1. The van der Waals surface area contributed by atoms with E-state index in [-0.39, 0.29) is 11.6 Å². The van der Waals surface area contributed by atoms with Crippen molar-refractivity contribution < 1.29 is 4.74 Å². The number of hydrogen-bond acceptors (Lipinski definition) is 4. The molecule has 0 aliphatic carbocycles. The molecule has 0 saturated heterocycles. The van der Waals surface area contributed by atoms with Crippen molar-refractivity contribution in [3.8, 4) is 0 Å². The maximum absolute atomic E-state index is 12.8. The van der Waals surface area contributed by atoms with Gasteiger partial charge in [-0.05, 0) is 25.0 Å². The van der Waals surface area contributed by atoms with Crippen LogP contribution in [0, 0.1) is 0 Å². The zero-order valence-electron chi connectivity index (χ0n) is 13.6. The minimum atomic E-state index is 0.0504. The molecule has 1 heterocycles. The van der Waals surface area contributed by atoms with E-state index in [1.54, 1.807) is 7.11 Å². The zero-order chi connectivity index (χ0) is 15.9. The first-order chi connectivity index (χ1) is 10.7. The molecule has 2 rings (SSSR count). The van der Waals surface area contributed by atoms with Crippen molar-refractivity contribution in [2.45, 2.75) is 39.3 Å². The van der Waals surface area contributed by atoms with Gasteiger partial charge in [0.05, 0.1) is 23.6 Å². The van der Waals surface area contributed by atoms with Gasteiger partial charge in [0.2, 0.25) is 0 Å². The predicted octanol–water partition coefficient (Wildman–Crippen LogP) is 2.49. The van der Waals surface area contributed by atoms with Crippen LogP contribution in [-0.4, -0.2) is 29.8 Å². The molecule has 0 radical (unpaired) electrons. The zero-order valence-corrected chi connectivity index (χ0v) is 13.6. The third-order valence-corrected chi connectivity index (χ3v) is 3.76. The SMILES string of the molecule is CCCn1c(C(CC)NCCOC)nc2ccccc2c1=O. The lowest BCUT2D eigenvalue weighted by molar-refractivity contribution is 0.194. The highest BCUT2D eigenvalue weighted by Gasteiger charge is 2.17. The van der Waals surface area contributed by atoms with Crippen LogP contribution in [0.1, 0.15) is 38.6 Å². The molecule has 1 N–H and O–H groups in total. The topological polar surface area (TPSA) is 56.1 Å². The van der Waals surface area contributed by atoms with E-state index in [1.165, 1.54) is 0 Å². The molecule has 120 valence electrons. The fourth-order valence-corrected chi connectivity index (χ4v) is 2.64. The van der Waals surface area contributed by atoms with E-state index in [0.29, 0.717) is 18.5 Å². The van der Waals surface area contributed by atoms with Crippen molar-refractivity contribution >= 4 is 10.9 Å². The lowest BCUT2D eigenvalue weighted by Crippen LogP contribution is -2.33. The van der Waals surface area contributed by atoms with Gasteiger partial charge in [0, 0.05) is 20.2 Å². The number of benzene rings is 1. The van der Waals surface area contributed by atoms with Gasteiger partial charge in [-0.3, -0.25) is 9.36 Å². The molecule has 0 amide bonds. The van der Waals surface area contributed by atoms with E-state index >= 15 is 0 Å². The third kappa shape index (κ3) is 3.54. The molecular formula is C17H25N3O2. The van der Waals surface area contributed by atoms with Crippen LogP contribution >= 0.6 is 0 Å². The number of nitrogens with one attached hydrogen (secondary N) is 1. The summed E-state index contributed by atoms with van der Waals surface area (Å²) in [4.78, 5) is 17.5. The number of methoxy groups -OCH3 is 1. The molecule has 1 aromatic carbocycles. The standard InChI is InChI=1S/C17H25N3O2/c1-4-11-20-16(14(5-2)18-10-12-22-3)19-15-9-7-6-8-13(15)17(20)21/h6-9,14,18H,4-5,10-12H2,1-3H3. The largest absolute Gasteiger partial charge is 0.383 e. The van der Waals surface area contributed by atoms with Crippen LogP contribution in [0.2, 0.25) is 0 Å². The molecule has 1 atom stereocenters. The Morgan fingerprint density at radius 3 is 2.77 bits per heavy atom. The Labute approximate surface area is 131 Å². The summed E-state index contributed by atoms with van der Waals surface area (Å²) in [6.45, 7) is 6.24. The highest BCUT2D eigenvalue weighted by atomic mass is 16.5. The summed E-state index contributed by atoms with van der Waals surface area (Å²) in [5.74, 6) is 0.823. The van der Waals surface area contributed by atoms with Crippen molar-refractivity contribution in [1.82, 2.24) is 14.9 Å². The Balaban J connectivity index is 2.49. The monoisotopic (exact) mass is 303 g/mol. The lowest BCUT2D eigenvalue weighted by Gasteiger charge is -2.21. The fraction of sp³-hybridized carbons (Fsp3) is 0.529. The Morgan fingerprint density at radius 1 is 1.32 bits per heavy atom. The summed E-state index contributed by atoms with van der Waals surface area (Å²) in [7, 11) is 1.68. The number of aromatic nitrogens is 2. The summed E-state index contributed by atoms with van der Waals surface area (Å²) in [6, 6.07) is 7.61. The van der Waals surface area contributed by atoms with Gasteiger partial charge >= 0.3 is 0 Å². The fourth-order valence-electron chi connectivity index (χ4n) is 2.64. The normalized spacial score (nSPS) is 12.7. The van der Waals surface area contributed by atoms with Crippen molar-refractivity contribution in [2.75, 3.05) is 20.3 Å². The van der Waals surface area contributed by atoms with Crippen LogP contribution in [0.4, 0.5) is 0 Å². The third-order valence-electron chi connectivity index (χ3n) is 3.76. The number of nitrogens with zero attached hydrogens (tertiary/aromatic N) is 2. The maximum Gasteiger partial charge on any atom is 0.261 e. The minimum Gasteiger partial charge on any atom is -0.383 e. The van der Waals surface area contributed by atoms with Crippen LogP contribution < -0.4 is 10.9 Å². The molecular weight excluding hydrogens is 278 g/mol. The van der Waals surface area contributed by atoms with Crippen molar-refractivity contribution in [3.63, 3.8) is 0 Å². The number of fused-ring (bicyclic) bond motifs is 1. The van der Waals surface area contributed by atoms with Gasteiger partial charge in [-0.1, -0.05) is 26.0 Å². The van der Waals surface area contributed by atoms with Gasteiger partial charge in [0.15, 0.2) is 0 Å². The quantitative estimate of drug-likeness (QED) is 0.761. The van der Waals surface area contributed by atoms with Gasteiger partial charge in [-0.15, -0.1) is 0 Å². The summed E-state index contributed by atoms with van der Waals surface area (Å²) in [5.41, 5.74) is 0.816. The molecule has 0 fully saturated rings. The van der Waals surface area contributed by atoms with Gasteiger partial charge in [-0.2, -0.15) is 0 Å².